The van der Waals surface area contributed by atoms with E-state index in [2.05, 4.69) is 30.7 Å². The number of aryl methyl sites for hydroxylation is 2. The lowest BCUT2D eigenvalue weighted by molar-refractivity contribution is 0.0743. The number of carbonyl (C=O) groups is 1. The molecule has 6 nitrogen and oxygen atoms in total. The minimum absolute atomic E-state index is 0.0248. The minimum atomic E-state index is -0.292. The second kappa shape index (κ2) is 11.0. The summed E-state index contributed by atoms with van der Waals surface area (Å²) in [7, 11) is 2.12. The van der Waals surface area contributed by atoms with Crippen molar-refractivity contribution in [3.05, 3.63) is 76.7 Å². The van der Waals surface area contributed by atoms with Gasteiger partial charge < -0.3 is 14.7 Å². The molecule has 0 spiro atoms. The summed E-state index contributed by atoms with van der Waals surface area (Å²) in [4.78, 5) is 20.1. The van der Waals surface area contributed by atoms with E-state index in [0.29, 0.717) is 24.3 Å². The molecule has 1 saturated heterocycles. The largest absolute Gasteiger partial charge is 0.354 e. The van der Waals surface area contributed by atoms with Crippen LogP contribution in [0.1, 0.15) is 47.4 Å². The third-order valence-electron chi connectivity index (χ3n) is 6.75. The molecular weight excluding hydrogens is 441 g/mol. The van der Waals surface area contributed by atoms with Crippen LogP contribution in [-0.2, 0) is 13.0 Å². The number of likely N-dealkylation sites (N-methyl/N-ethyl adjacent to an activating group) is 1. The summed E-state index contributed by atoms with van der Waals surface area (Å²) in [5, 5.41) is 4.84. The van der Waals surface area contributed by atoms with Crippen molar-refractivity contribution in [1.82, 2.24) is 19.6 Å². The van der Waals surface area contributed by atoms with Crippen molar-refractivity contribution in [3.8, 4) is 5.69 Å². The summed E-state index contributed by atoms with van der Waals surface area (Å²) in [5.74, 6) is 0.688. The lowest BCUT2D eigenvalue weighted by Crippen LogP contribution is -2.45. The van der Waals surface area contributed by atoms with Gasteiger partial charge in [0.05, 0.1) is 17.9 Å². The molecule has 186 valence electrons. The van der Waals surface area contributed by atoms with Gasteiger partial charge in [0.2, 0.25) is 0 Å². The second-order valence-corrected chi connectivity index (χ2v) is 9.35. The standard InChI is InChI=1S/C28H36FN5O/c1-5-14-33(28(35)23-12-10-22(6-2)11-13-23)20-26-21(3)30-34(25-9-7-8-24(29)19-25)27(26)32-17-15-31(4)16-18-32/h7-13,19H,5-6,14-18,20H2,1-4H3. The molecule has 1 aliphatic rings. The van der Waals surface area contributed by atoms with Gasteiger partial charge in [-0.2, -0.15) is 5.10 Å². The Morgan fingerprint density at radius 1 is 1.06 bits per heavy atom. The summed E-state index contributed by atoms with van der Waals surface area (Å²) in [6, 6.07) is 14.5. The Morgan fingerprint density at radius 2 is 1.77 bits per heavy atom. The van der Waals surface area contributed by atoms with Gasteiger partial charge in [0.1, 0.15) is 11.6 Å². The maximum atomic E-state index is 14.1. The SMILES string of the molecule is CCCN(Cc1c(C)nn(-c2cccc(F)c2)c1N1CCN(C)CC1)C(=O)c1ccc(CC)cc1. The fraction of sp³-hybridized carbons (Fsp3) is 0.429. The Kier molecular flexibility index (Phi) is 7.86. The first kappa shape index (κ1) is 24.9. The third-order valence-corrected chi connectivity index (χ3v) is 6.75. The maximum absolute atomic E-state index is 14.1. The van der Waals surface area contributed by atoms with Crippen molar-refractivity contribution in [1.29, 1.82) is 0 Å². The number of amides is 1. The second-order valence-electron chi connectivity index (χ2n) is 9.35. The Bertz CT molecular complexity index is 1150. The first-order valence-electron chi connectivity index (χ1n) is 12.6. The van der Waals surface area contributed by atoms with Crippen LogP contribution in [0.2, 0.25) is 0 Å². The number of hydrogen-bond donors (Lipinski definition) is 0. The van der Waals surface area contributed by atoms with E-state index in [1.54, 1.807) is 6.07 Å². The Hall–Kier alpha value is -3.19. The van der Waals surface area contributed by atoms with Crippen LogP contribution in [0.4, 0.5) is 10.2 Å². The van der Waals surface area contributed by atoms with Crippen molar-refractivity contribution in [2.45, 2.75) is 40.2 Å². The van der Waals surface area contributed by atoms with Gasteiger partial charge in [0.25, 0.3) is 5.91 Å². The first-order valence-corrected chi connectivity index (χ1v) is 12.6. The van der Waals surface area contributed by atoms with Crippen LogP contribution in [0.5, 0.6) is 0 Å². The van der Waals surface area contributed by atoms with Crippen LogP contribution in [0.25, 0.3) is 5.69 Å². The predicted octanol–water partition coefficient (Wildman–Crippen LogP) is 4.69. The molecule has 0 radical (unpaired) electrons. The first-order chi connectivity index (χ1) is 16.9. The van der Waals surface area contributed by atoms with E-state index in [1.807, 2.05) is 46.8 Å². The molecule has 35 heavy (non-hydrogen) atoms. The van der Waals surface area contributed by atoms with Crippen LogP contribution in [0.3, 0.4) is 0 Å². The van der Waals surface area contributed by atoms with E-state index in [0.717, 1.165) is 56.1 Å². The average Bonchev–Trinajstić information content (AvgIpc) is 3.19. The van der Waals surface area contributed by atoms with Crippen LogP contribution in [-0.4, -0.2) is 65.3 Å². The molecule has 0 unspecified atom stereocenters. The highest BCUT2D eigenvalue weighted by Gasteiger charge is 2.27. The Labute approximate surface area is 207 Å². The van der Waals surface area contributed by atoms with Crippen LogP contribution < -0.4 is 4.90 Å². The number of benzene rings is 2. The van der Waals surface area contributed by atoms with Crippen molar-refractivity contribution < 1.29 is 9.18 Å². The van der Waals surface area contributed by atoms with E-state index in [-0.39, 0.29) is 11.7 Å². The van der Waals surface area contributed by atoms with Crippen LogP contribution in [0.15, 0.2) is 48.5 Å². The normalized spacial score (nSPS) is 14.4. The third kappa shape index (κ3) is 5.56. The summed E-state index contributed by atoms with van der Waals surface area (Å²) >= 11 is 0. The van der Waals surface area contributed by atoms with Gasteiger partial charge in [-0.15, -0.1) is 0 Å². The zero-order chi connectivity index (χ0) is 24.9. The van der Waals surface area contributed by atoms with E-state index in [1.165, 1.54) is 17.7 Å². The summed E-state index contributed by atoms with van der Waals surface area (Å²) in [5.41, 5.74) is 4.49. The fourth-order valence-electron chi connectivity index (χ4n) is 4.64. The number of piperazine rings is 1. The molecule has 0 bridgehead atoms. The highest BCUT2D eigenvalue weighted by molar-refractivity contribution is 5.94. The van der Waals surface area contributed by atoms with Gasteiger partial charge in [0, 0.05) is 43.9 Å². The smallest absolute Gasteiger partial charge is 0.254 e. The highest BCUT2D eigenvalue weighted by atomic mass is 19.1. The molecule has 2 heterocycles. The number of nitrogens with zero attached hydrogens (tertiary/aromatic N) is 5. The maximum Gasteiger partial charge on any atom is 0.254 e. The van der Waals surface area contributed by atoms with E-state index in [9.17, 15) is 9.18 Å². The topological polar surface area (TPSA) is 44.6 Å². The van der Waals surface area contributed by atoms with Crippen LogP contribution in [0, 0.1) is 12.7 Å². The molecule has 0 atom stereocenters. The zero-order valence-electron chi connectivity index (χ0n) is 21.3. The lowest BCUT2D eigenvalue weighted by Gasteiger charge is -2.35. The minimum Gasteiger partial charge on any atom is -0.354 e. The van der Waals surface area contributed by atoms with Crippen molar-refractivity contribution >= 4 is 11.7 Å². The fourth-order valence-corrected chi connectivity index (χ4v) is 4.64. The van der Waals surface area contributed by atoms with Gasteiger partial charge in [-0.25, -0.2) is 9.07 Å². The monoisotopic (exact) mass is 477 g/mol. The number of carbonyl (C=O) groups excluding carboxylic acids is 1. The molecule has 0 aliphatic carbocycles. The van der Waals surface area contributed by atoms with Gasteiger partial charge in [-0.05, 0) is 62.7 Å². The van der Waals surface area contributed by atoms with E-state index >= 15 is 0 Å². The molecule has 1 aromatic heterocycles. The van der Waals surface area contributed by atoms with E-state index < -0.39 is 0 Å². The number of halogens is 1. The lowest BCUT2D eigenvalue weighted by atomic mass is 10.1. The number of hydrogen-bond acceptors (Lipinski definition) is 4. The summed E-state index contributed by atoms with van der Waals surface area (Å²) in [6.07, 6.45) is 1.81. The molecule has 7 heteroatoms. The van der Waals surface area contributed by atoms with E-state index in [4.69, 9.17) is 5.10 Å². The molecule has 2 aromatic carbocycles. The van der Waals surface area contributed by atoms with Gasteiger partial charge in [0.15, 0.2) is 0 Å². The summed E-state index contributed by atoms with van der Waals surface area (Å²) in [6.45, 7) is 10.9. The molecule has 0 N–H and O–H groups in total. The Balaban J connectivity index is 1.73. The summed E-state index contributed by atoms with van der Waals surface area (Å²) < 4.78 is 16.0. The number of aromatic nitrogens is 2. The average molecular weight is 478 g/mol. The Morgan fingerprint density at radius 3 is 2.40 bits per heavy atom. The molecule has 4 rings (SSSR count). The quantitative estimate of drug-likeness (QED) is 0.472. The van der Waals surface area contributed by atoms with Gasteiger partial charge in [-0.1, -0.05) is 32.0 Å². The predicted molar refractivity (Wildman–Crippen MR) is 139 cm³/mol. The zero-order valence-corrected chi connectivity index (χ0v) is 21.3. The number of rotatable bonds is 8. The van der Waals surface area contributed by atoms with Crippen LogP contribution >= 0.6 is 0 Å². The van der Waals surface area contributed by atoms with Crippen molar-refractivity contribution in [2.75, 3.05) is 44.7 Å². The van der Waals surface area contributed by atoms with Gasteiger partial charge in [-0.3, -0.25) is 4.79 Å². The van der Waals surface area contributed by atoms with Crippen molar-refractivity contribution in [2.24, 2.45) is 0 Å². The number of anilines is 1. The molecule has 0 saturated carbocycles. The van der Waals surface area contributed by atoms with Gasteiger partial charge >= 0.3 is 0 Å². The molecule has 1 amide bonds. The van der Waals surface area contributed by atoms with Crippen molar-refractivity contribution in [3.63, 3.8) is 0 Å². The molecule has 1 fully saturated rings. The molecule has 3 aromatic rings. The molecular formula is C28H36FN5O. The molecule has 1 aliphatic heterocycles. The highest BCUT2D eigenvalue weighted by Crippen LogP contribution is 2.30.